The van der Waals surface area contributed by atoms with E-state index < -0.39 is 18.2 Å². The molecule has 9 unspecified atom stereocenters. The van der Waals surface area contributed by atoms with Crippen molar-refractivity contribution in [2.75, 3.05) is 25.2 Å². The van der Waals surface area contributed by atoms with E-state index in [1.807, 2.05) is 213 Å². The average molecular weight is 1720 g/mol. The molecule has 1 aromatic heterocycles. The molecular formula is C100H179N9O11S. The highest BCUT2D eigenvalue weighted by molar-refractivity contribution is 7.98. The summed E-state index contributed by atoms with van der Waals surface area (Å²) in [6.45, 7) is 70.6. The minimum Gasteiger partial charge on any atom is -0.508 e. The van der Waals surface area contributed by atoms with Gasteiger partial charge in [-0.25, -0.2) is 0 Å². The monoisotopic (exact) mass is 1710 g/mol. The molecule has 21 heteroatoms. The second-order valence-corrected chi connectivity index (χ2v) is 38.8. The zero-order valence-corrected chi connectivity index (χ0v) is 83.4. The van der Waals surface area contributed by atoms with Crippen molar-refractivity contribution in [3.8, 4) is 5.75 Å². The molecule has 0 spiro atoms. The van der Waals surface area contributed by atoms with Crippen LogP contribution in [0.4, 0.5) is 0 Å². The van der Waals surface area contributed by atoms with E-state index in [1.54, 1.807) is 19.1 Å². The number of nitrogens with one attached hydrogen (secondary N) is 8. The summed E-state index contributed by atoms with van der Waals surface area (Å²) in [5, 5.41) is 51.6. The number of aromatic nitrogens is 1. The maximum absolute atomic E-state index is 12.4. The molecule has 3 aromatic carbocycles. The number of phenolic OH excluding ortho intramolecular Hbond substituents is 1. The van der Waals surface area contributed by atoms with Crippen LogP contribution in [-0.4, -0.2) is 199 Å². The summed E-state index contributed by atoms with van der Waals surface area (Å²) in [5.74, 6) is 4.36. The molecule has 121 heavy (non-hydrogen) atoms. The molecule has 1 saturated heterocycles. The summed E-state index contributed by atoms with van der Waals surface area (Å²) in [7, 11) is 0. The van der Waals surface area contributed by atoms with Gasteiger partial charge in [0.15, 0.2) is 46.3 Å². The fraction of sp³-hybridized carbons (Fsp3) is 0.720. The summed E-state index contributed by atoms with van der Waals surface area (Å²) in [6.07, 6.45) is 10.0. The Hall–Kier alpha value is -5.69. The number of thioether (sulfide) groups is 1. The summed E-state index contributed by atoms with van der Waals surface area (Å²) in [5.41, 5.74) is 4.59. The van der Waals surface area contributed by atoms with Crippen LogP contribution in [0.3, 0.4) is 0 Å². The lowest BCUT2D eigenvalue weighted by Gasteiger charge is -2.28. The van der Waals surface area contributed by atoms with E-state index in [2.05, 4.69) is 161 Å². The second kappa shape index (κ2) is 65.0. The van der Waals surface area contributed by atoms with Crippen LogP contribution < -0.4 is 37.2 Å². The normalized spacial score (nSPS) is 15.0. The molecule has 2 heterocycles. The van der Waals surface area contributed by atoms with Crippen LogP contribution in [0, 0.1) is 53.3 Å². The zero-order valence-electron chi connectivity index (χ0n) is 82.6. The lowest BCUT2D eigenvalue weighted by molar-refractivity contribution is -0.127. The number of hydrogen-bond donors (Lipinski definition) is 11. The third kappa shape index (κ3) is 52.8. The average Bonchev–Trinajstić information content (AvgIpc) is 1.69. The van der Waals surface area contributed by atoms with Crippen LogP contribution in [0.2, 0.25) is 0 Å². The summed E-state index contributed by atoms with van der Waals surface area (Å²) < 4.78 is 0. The largest absolute Gasteiger partial charge is 0.508 e. The van der Waals surface area contributed by atoms with Crippen LogP contribution in [0.25, 0.3) is 10.9 Å². The van der Waals surface area contributed by atoms with Gasteiger partial charge in [-0.2, -0.15) is 11.8 Å². The number of H-pyrrole nitrogens is 1. The van der Waals surface area contributed by atoms with Crippen molar-refractivity contribution in [2.24, 2.45) is 53.3 Å². The Kier molecular flexibility index (Phi) is 64.1. The minimum absolute atomic E-state index is 0.0139. The molecule has 0 bridgehead atoms. The first-order valence-electron chi connectivity index (χ1n) is 45.6. The van der Waals surface area contributed by atoms with Gasteiger partial charge in [0, 0.05) is 113 Å². The lowest BCUT2D eigenvalue weighted by atomic mass is 9.92. The molecule has 1 fully saturated rings. The van der Waals surface area contributed by atoms with Crippen molar-refractivity contribution in [3.63, 3.8) is 0 Å². The summed E-state index contributed by atoms with van der Waals surface area (Å²) in [6, 6.07) is 27.1. The van der Waals surface area contributed by atoms with Gasteiger partial charge in [0.05, 0.1) is 61.0 Å². The number of carbonyl (C=O) groups is 8. The predicted octanol–water partition coefficient (Wildman–Crippen LogP) is 17.2. The number of aliphatic hydroxyl groups excluding tert-OH is 2. The van der Waals surface area contributed by atoms with Crippen molar-refractivity contribution in [2.45, 2.75) is 390 Å². The van der Waals surface area contributed by atoms with Crippen LogP contribution >= 0.6 is 11.8 Å². The van der Waals surface area contributed by atoms with Gasteiger partial charge in [0.1, 0.15) is 5.75 Å². The van der Waals surface area contributed by atoms with Crippen LogP contribution in [0.15, 0.2) is 85.1 Å². The Morgan fingerprint density at radius 3 is 1.12 bits per heavy atom. The number of benzene rings is 3. The van der Waals surface area contributed by atoms with Crippen molar-refractivity contribution >= 4 is 68.9 Å². The van der Waals surface area contributed by atoms with Gasteiger partial charge in [-0.05, 0) is 125 Å². The maximum atomic E-state index is 12.4. The Bertz CT molecular complexity index is 3370. The van der Waals surface area contributed by atoms with E-state index in [1.165, 1.54) is 22.9 Å². The van der Waals surface area contributed by atoms with Gasteiger partial charge in [0.25, 0.3) is 0 Å². The number of nitrogens with zero attached hydrogens (tertiary/aromatic N) is 1. The van der Waals surface area contributed by atoms with Crippen molar-refractivity contribution < 1.29 is 53.7 Å². The van der Waals surface area contributed by atoms with Gasteiger partial charge < -0.3 is 57.5 Å². The quantitative estimate of drug-likeness (QED) is 0.0183. The van der Waals surface area contributed by atoms with Crippen molar-refractivity contribution in [3.05, 3.63) is 102 Å². The molecule has 5 rings (SSSR count). The highest BCUT2D eigenvalue weighted by Gasteiger charge is 2.34. The van der Waals surface area contributed by atoms with E-state index in [9.17, 15) is 48.6 Å². The number of ketones is 8. The maximum Gasteiger partial charge on any atom is 0.154 e. The number of rotatable bonds is 44. The topological polar surface area (TPSA) is 300 Å². The summed E-state index contributed by atoms with van der Waals surface area (Å²) in [4.78, 5) is 101. The first kappa shape index (κ1) is 119. The first-order chi connectivity index (χ1) is 56.1. The number of aliphatic hydroxyl groups is 2. The molecule has 0 amide bonds. The van der Waals surface area contributed by atoms with E-state index in [0.717, 1.165) is 55.5 Å². The SMILES string of the molecule is CC(C)C(=O)C1CCCN1C(C)C.CC(C)NC(C(=O)C(C)C)C(C)C.CC(C)NC(C(=O)C(C)C)C(C)O.CC(C)NC(CO)C(=O)C(C)C.CC(C)NC(Cc1c[nH]c2ccccc12)C(=O)C(C)C.CC(C)NC(Cc1ccc(O)cc1)C(=O)C(C)C.CC(C)NC(Cc1ccccc1)C(=O)C(C)C.CSCCCC(NC(C)C)C(=O)C(C)C. The van der Waals surface area contributed by atoms with E-state index in [0.29, 0.717) is 65.7 Å². The molecule has 0 saturated carbocycles. The Balaban J connectivity index is -0.00000132. The van der Waals surface area contributed by atoms with Gasteiger partial charge >= 0.3 is 0 Å². The van der Waals surface area contributed by atoms with Crippen molar-refractivity contribution in [1.29, 1.82) is 0 Å². The Morgan fingerprint density at radius 2 is 0.760 bits per heavy atom. The number of hydrogen-bond acceptors (Lipinski definition) is 20. The first-order valence-corrected chi connectivity index (χ1v) is 47.0. The molecule has 11 N–H and O–H groups in total. The van der Waals surface area contributed by atoms with Crippen LogP contribution in [0.5, 0.6) is 5.75 Å². The van der Waals surface area contributed by atoms with E-state index in [4.69, 9.17) is 5.11 Å². The fourth-order valence-electron chi connectivity index (χ4n) is 13.5. The molecule has 1 aliphatic rings. The molecule has 696 valence electrons. The number of phenols is 1. The number of Topliss-reactive ketones (excluding diaryl/α,β-unsaturated/α-hetero) is 8. The fourth-order valence-corrected chi connectivity index (χ4v) is 14.0. The van der Waals surface area contributed by atoms with Gasteiger partial charge in [-0.3, -0.25) is 43.3 Å². The number of fused-ring (bicyclic) bond motifs is 1. The van der Waals surface area contributed by atoms with Crippen LogP contribution in [-0.2, 0) is 57.6 Å². The Morgan fingerprint density at radius 1 is 0.413 bits per heavy atom. The third-order valence-electron chi connectivity index (χ3n) is 19.8. The standard InChI is InChI=1S/C17H24N2O.C15H23NO2.C15H23NO.C12H25NOS.C11H21NO.C11H23NO.C10H21NO2.C9H19NO2/c1-11(2)17(20)16(19-12(3)4)9-13-10-18-15-8-6-5-7-14(13)15;1-10(2)15(18)14(16-11(3)4)9-12-5-7-13(17)8-6-12;1-11(2)15(17)14(16-12(3)4)10-13-8-6-5-7-9-13;1-9(2)12(14)11(13-10(3)4)7-6-8-15-5;1-8(2)11(13)10-6-5-7-12(10)9(3)4;1-7(2)10(12-9(5)6)11(13)8(3)4;1-6(2)10(13)9(8(5)12)11-7(3)4;1-6(2)9(12)8(5-11)10-7(3)4/h5-8,10-12,16,18-19H,9H2,1-4H3;5-8,10-11,14,16-17H,9H2,1-4H3;5-9,11-12,14,16H,10H2,1-4H3;9-11,13H,6-8H2,1-5H3;8-10H,5-7H2,1-4H3;7-10,12H,1-6H3;6-9,11-12H,1-5H3;6-8,10-11H,5H2,1-4H3. The van der Waals surface area contributed by atoms with Gasteiger partial charge in [-0.15, -0.1) is 0 Å². The molecule has 1 aliphatic heterocycles. The number of aromatic amines is 1. The Labute approximate surface area is 741 Å². The smallest absolute Gasteiger partial charge is 0.154 e. The van der Waals surface area contributed by atoms with Crippen molar-refractivity contribution in [1.82, 2.24) is 47.1 Å². The zero-order chi connectivity index (χ0) is 94.0. The van der Waals surface area contributed by atoms with Gasteiger partial charge in [-0.1, -0.05) is 282 Å². The van der Waals surface area contributed by atoms with E-state index in [-0.39, 0.29) is 137 Å². The van der Waals surface area contributed by atoms with Crippen LogP contribution in [0.1, 0.15) is 285 Å². The molecule has 0 radical (unpaired) electrons. The number of aromatic hydroxyl groups is 1. The highest BCUT2D eigenvalue weighted by Crippen LogP contribution is 2.24. The molecule has 9 atom stereocenters. The number of carbonyl (C=O) groups excluding carboxylic acids is 8. The van der Waals surface area contributed by atoms with Gasteiger partial charge in [0.2, 0.25) is 0 Å². The lowest BCUT2D eigenvalue weighted by Crippen LogP contribution is -2.49. The van der Waals surface area contributed by atoms with E-state index >= 15 is 0 Å². The third-order valence-corrected chi connectivity index (χ3v) is 20.5. The molecule has 0 aliphatic carbocycles. The molecule has 4 aromatic rings. The second-order valence-electron chi connectivity index (χ2n) is 37.8. The molecular weight excluding hydrogens is 1540 g/mol. The number of para-hydroxylation sites is 1. The number of likely N-dealkylation sites (tertiary alicyclic amines) is 1. The highest BCUT2D eigenvalue weighted by atomic mass is 32.2. The summed E-state index contributed by atoms with van der Waals surface area (Å²) >= 11 is 1.84. The predicted molar refractivity (Wildman–Crippen MR) is 513 cm³/mol. The minimum atomic E-state index is -0.628. The molecule has 20 nitrogen and oxygen atoms in total.